The summed E-state index contributed by atoms with van der Waals surface area (Å²) in [5.41, 5.74) is 9.51. The first-order chi connectivity index (χ1) is 20.3. The maximum atomic E-state index is 6.25. The summed E-state index contributed by atoms with van der Waals surface area (Å²) in [6.07, 6.45) is 0. The molecule has 2 aromatic heterocycles. The Balaban J connectivity index is 1.22. The summed E-state index contributed by atoms with van der Waals surface area (Å²) in [7, 11) is 0. The molecule has 0 saturated heterocycles. The fraction of sp³-hybridized carbons (Fsp3) is 0. The second-order valence-electron chi connectivity index (χ2n) is 10.1. The summed E-state index contributed by atoms with van der Waals surface area (Å²) >= 11 is 1.73. The van der Waals surface area contributed by atoms with Crippen molar-refractivity contribution in [2.75, 3.05) is 4.90 Å². The number of fused-ring (bicyclic) bond motifs is 4. The fourth-order valence-electron chi connectivity index (χ4n) is 5.51. The van der Waals surface area contributed by atoms with Crippen molar-refractivity contribution < 1.29 is 4.42 Å². The average Bonchev–Trinajstić information content (AvgIpc) is 3.63. The number of rotatable bonds is 5. The number of nitrogens with zero attached hydrogens (tertiary/aromatic N) is 2. The summed E-state index contributed by atoms with van der Waals surface area (Å²) in [4.78, 5) is 7.17. The Hall–Kier alpha value is -5.19. The summed E-state index contributed by atoms with van der Waals surface area (Å²) in [6.45, 7) is 0. The van der Waals surface area contributed by atoms with Crippen LogP contribution in [0.2, 0.25) is 0 Å². The molecule has 0 aliphatic carbocycles. The Morgan fingerprint density at radius 2 is 1.17 bits per heavy atom. The summed E-state index contributed by atoms with van der Waals surface area (Å²) in [5.74, 6) is 0. The minimum atomic E-state index is 0.880. The molecule has 2 heterocycles. The number of furan rings is 1. The van der Waals surface area contributed by atoms with Crippen molar-refractivity contribution in [3.05, 3.63) is 146 Å². The van der Waals surface area contributed by atoms with Crippen molar-refractivity contribution >= 4 is 60.6 Å². The van der Waals surface area contributed by atoms with Gasteiger partial charge in [-0.05, 0) is 65.7 Å². The molecule has 0 spiro atoms. The van der Waals surface area contributed by atoms with E-state index in [1.165, 1.54) is 10.3 Å². The van der Waals surface area contributed by atoms with Crippen molar-refractivity contribution in [3.8, 4) is 21.7 Å². The van der Waals surface area contributed by atoms with Crippen molar-refractivity contribution in [2.45, 2.75) is 0 Å². The largest absolute Gasteiger partial charge is 0.456 e. The first-order valence-electron chi connectivity index (χ1n) is 13.6. The number of benzene rings is 6. The van der Waals surface area contributed by atoms with E-state index in [0.29, 0.717) is 0 Å². The smallest absolute Gasteiger partial charge is 0.137 e. The fourth-order valence-corrected chi connectivity index (χ4v) is 6.52. The molecule has 8 rings (SSSR count). The van der Waals surface area contributed by atoms with Gasteiger partial charge in [0.1, 0.15) is 16.2 Å². The Morgan fingerprint density at radius 3 is 2.05 bits per heavy atom. The highest BCUT2D eigenvalue weighted by atomic mass is 32.1. The van der Waals surface area contributed by atoms with Gasteiger partial charge in [-0.2, -0.15) is 0 Å². The third kappa shape index (κ3) is 4.26. The molecular formula is C37H24N2OS. The molecule has 0 aliphatic rings. The normalized spacial score (nSPS) is 11.4. The molecule has 4 heteroatoms. The highest BCUT2D eigenvalue weighted by molar-refractivity contribution is 7.21. The van der Waals surface area contributed by atoms with E-state index in [2.05, 4.69) is 132 Å². The van der Waals surface area contributed by atoms with Gasteiger partial charge in [-0.25, -0.2) is 4.98 Å². The topological polar surface area (TPSA) is 29.3 Å². The van der Waals surface area contributed by atoms with E-state index in [9.17, 15) is 0 Å². The maximum Gasteiger partial charge on any atom is 0.137 e. The van der Waals surface area contributed by atoms with Crippen molar-refractivity contribution in [2.24, 2.45) is 0 Å². The number of anilines is 3. The van der Waals surface area contributed by atoms with Gasteiger partial charge in [0.05, 0.1) is 10.2 Å². The average molecular weight is 545 g/mol. The molecule has 8 aromatic rings. The van der Waals surface area contributed by atoms with E-state index >= 15 is 0 Å². The second kappa shape index (κ2) is 9.77. The first kappa shape index (κ1) is 23.7. The predicted octanol–water partition coefficient (Wildman–Crippen LogP) is 11.0. The van der Waals surface area contributed by atoms with Gasteiger partial charge in [0, 0.05) is 39.5 Å². The van der Waals surface area contributed by atoms with E-state index < -0.39 is 0 Å². The number of para-hydroxylation sites is 2. The zero-order valence-corrected chi connectivity index (χ0v) is 22.9. The molecule has 0 amide bonds. The van der Waals surface area contributed by atoms with Crippen LogP contribution in [0.4, 0.5) is 17.1 Å². The number of hydrogen-bond donors (Lipinski definition) is 0. The quantitative estimate of drug-likeness (QED) is 0.216. The van der Waals surface area contributed by atoms with Gasteiger partial charge in [0.15, 0.2) is 0 Å². The van der Waals surface area contributed by atoms with Crippen LogP contribution in [-0.2, 0) is 0 Å². The summed E-state index contributed by atoms with van der Waals surface area (Å²) in [6, 6.07) is 50.9. The predicted molar refractivity (Wildman–Crippen MR) is 172 cm³/mol. The lowest BCUT2D eigenvalue weighted by atomic mass is 10.0. The Labute approximate surface area is 241 Å². The third-order valence-electron chi connectivity index (χ3n) is 7.48. The van der Waals surface area contributed by atoms with Gasteiger partial charge in [-0.3, -0.25) is 0 Å². The molecule has 0 aliphatic heterocycles. The van der Waals surface area contributed by atoms with Crippen LogP contribution in [0.1, 0.15) is 0 Å². The van der Waals surface area contributed by atoms with Gasteiger partial charge in [-0.15, -0.1) is 11.3 Å². The van der Waals surface area contributed by atoms with Gasteiger partial charge in [-0.1, -0.05) is 84.9 Å². The Bertz CT molecular complexity index is 2160. The molecule has 0 bridgehead atoms. The van der Waals surface area contributed by atoms with Crippen molar-refractivity contribution in [3.63, 3.8) is 0 Å². The Kier molecular flexibility index (Phi) is 5.64. The molecule has 0 atom stereocenters. The number of aromatic nitrogens is 1. The molecule has 0 radical (unpaired) electrons. The molecule has 0 N–H and O–H groups in total. The van der Waals surface area contributed by atoms with Crippen LogP contribution in [0.3, 0.4) is 0 Å². The maximum absolute atomic E-state index is 6.25. The molecule has 6 aromatic carbocycles. The van der Waals surface area contributed by atoms with Crippen molar-refractivity contribution in [1.29, 1.82) is 0 Å². The SMILES string of the molecule is c1ccc(-c2nc3ccc(-c4cccc(N(c5ccccc5)c5ccc6c(c5)oc5ccccc56)c4)cc3s2)cc1. The van der Waals surface area contributed by atoms with Crippen LogP contribution in [0.25, 0.3) is 53.9 Å². The molecule has 0 saturated carbocycles. The standard InChI is InChI=1S/C37H24N2OS/c1-3-10-25(11-4-1)37-38-33-21-18-27(23-36(33)41-37)26-12-9-15-29(22-26)39(28-13-5-2-6-14-28)30-19-20-32-31-16-7-8-17-34(31)40-35(32)24-30/h1-24H. The lowest BCUT2D eigenvalue weighted by Gasteiger charge is -2.26. The second-order valence-corrected chi connectivity index (χ2v) is 11.1. The van der Waals surface area contributed by atoms with Gasteiger partial charge in [0.25, 0.3) is 0 Å². The molecular weight excluding hydrogens is 520 g/mol. The van der Waals surface area contributed by atoms with Crippen LogP contribution in [0, 0.1) is 0 Å². The van der Waals surface area contributed by atoms with Crippen LogP contribution >= 0.6 is 11.3 Å². The number of hydrogen-bond acceptors (Lipinski definition) is 4. The lowest BCUT2D eigenvalue weighted by molar-refractivity contribution is 0.669. The Morgan fingerprint density at radius 1 is 0.488 bits per heavy atom. The lowest BCUT2D eigenvalue weighted by Crippen LogP contribution is -2.09. The van der Waals surface area contributed by atoms with E-state index in [1.54, 1.807) is 11.3 Å². The van der Waals surface area contributed by atoms with Crippen molar-refractivity contribution in [1.82, 2.24) is 4.98 Å². The van der Waals surface area contributed by atoms with Gasteiger partial charge < -0.3 is 9.32 Å². The molecule has 41 heavy (non-hydrogen) atoms. The van der Waals surface area contributed by atoms with Crippen LogP contribution in [-0.4, -0.2) is 4.98 Å². The van der Waals surface area contributed by atoms with E-state index in [0.717, 1.165) is 60.7 Å². The zero-order valence-electron chi connectivity index (χ0n) is 22.1. The highest BCUT2D eigenvalue weighted by Gasteiger charge is 2.16. The van der Waals surface area contributed by atoms with Crippen LogP contribution in [0.5, 0.6) is 0 Å². The summed E-state index contributed by atoms with van der Waals surface area (Å²) < 4.78 is 7.43. The zero-order chi connectivity index (χ0) is 27.2. The first-order valence-corrected chi connectivity index (χ1v) is 14.4. The van der Waals surface area contributed by atoms with E-state index in [-0.39, 0.29) is 0 Å². The molecule has 0 fully saturated rings. The molecule has 3 nitrogen and oxygen atoms in total. The number of thiazole rings is 1. The van der Waals surface area contributed by atoms with Crippen LogP contribution < -0.4 is 4.90 Å². The highest BCUT2D eigenvalue weighted by Crippen LogP contribution is 2.40. The van der Waals surface area contributed by atoms with Gasteiger partial charge >= 0.3 is 0 Å². The van der Waals surface area contributed by atoms with E-state index in [1.807, 2.05) is 18.2 Å². The monoisotopic (exact) mass is 544 g/mol. The van der Waals surface area contributed by atoms with Gasteiger partial charge in [0.2, 0.25) is 0 Å². The van der Waals surface area contributed by atoms with E-state index in [4.69, 9.17) is 9.40 Å². The minimum absolute atomic E-state index is 0.880. The molecule has 194 valence electrons. The summed E-state index contributed by atoms with van der Waals surface area (Å²) in [5, 5.41) is 3.30. The minimum Gasteiger partial charge on any atom is -0.456 e. The van der Waals surface area contributed by atoms with Crippen LogP contribution in [0.15, 0.2) is 150 Å². The molecule has 0 unspecified atom stereocenters. The third-order valence-corrected chi connectivity index (χ3v) is 8.55.